The SMILES string of the molecule is CCN(CC)CCC1Cc2ccccc2CC1O. The first-order valence-corrected chi connectivity index (χ1v) is 7.21. The molecule has 0 heterocycles. The molecule has 1 aromatic carbocycles. The first-order chi connectivity index (χ1) is 8.74. The van der Waals surface area contributed by atoms with E-state index in [2.05, 4.69) is 43.0 Å². The van der Waals surface area contributed by atoms with Gasteiger partial charge in [0.2, 0.25) is 0 Å². The first kappa shape index (κ1) is 13.6. The molecule has 100 valence electrons. The molecular weight excluding hydrogens is 222 g/mol. The minimum absolute atomic E-state index is 0.157. The smallest absolute Gasteiger partial charge is 0.0612 e. The molecule has 0 saturated carbocycles. The Morgan fingerprint density at radius 2 is 1.72 bits per heavy atom. The Kier molecular flexibility index (Phi) is 4.79. The Morgan fingerprint density at radius 3 is 2.33 bits per heavy atom. The number of hydrogen-bond acceptors (Lipinski definition) is 2. The maximum absolute atomic E-state index is 10.3. The predicted molar refractivity (Wildman–Crippen MR) is 75.8 cm³/mol. The largest absolute Gasteiger partial charge is 0.392 e. The van der Waals surface area contributed by atoms with Crippen molar-refractivity contribution in [1.82, 2.24) is 4.90 Å². The van der Waals surface area contributed by atoms with Crippen molar-refractivity contribution in [3.63, 3.8) is 0 Å². The van der Waals surface area contributed by atoms with Gasteiger partial charge in [0.1, 0.15) is 0 Å². The van der Waals surface area contributed by atoms with Crippen LogP contribution in [0.5, 0.6) is 0 Å². The fraction of sp³-hybridized carbons (Fsp3) is 0.625. The molecule has 0 bridgehead atoms. The average Bonchev–Trinajstić information content (AvgIpc) is 2.40. The van der Waals surface area contributed by atoms with Crippen molar-refractivity contribution in [1.29, 1.82) is 0 Å². The Bertz CT molecular complexity index is 373. The van der Waals surface area contributed by atoms with Crippen molar-refractivity contribution in [2.75, 3.05) is 19.6 Å². The highest BCUT2D eigenvalue weighted by molar-refractivity contribution is 5.30. The van der Waals surface area contributed by atoms with Crippen LogP contribution in [0.1, 0.15) is 31.4 Å². The van der Waals surface area contributed by atoms with Crippen molar-refractivity contribution in [2.24, 2.45) is 5.92 Å². The molecule has 0 aliphatic heterocycles. The fourth-order valence-electron chi connectivity index (χ4n) is 2.95. The highest BCUT2D eigenvalue weighted by atomic mass is 16.3. The summed E-state index contributed by atoms with van der Waals surface area (Å²) in [5.74, 6) is 0.431. The van der Waals surface area contributed by atoms with E-state index in [9.17, 15) is 5.11 Å². The van der Waals surface area contributed by atoms with Gasteiger partial charge < -0.3 is 10.0 Å². The molecule has 18 heavy (non-hydrogen) atoms. The molecule has 1 aliphatic rings. The number of aliphatic hydroxyl groups is 1. The van der Waals surface area contributed by atoms with Crippen LogP contribution in [0.4, 0.5) is 0 Å². The van der Waals surface area contributed by atoms with Gasteiger partial charge in [-0.3, -0.25) is 0 Å². The molecule has 0 radical (unpaired) electrons. The van der Waals surface area contributed by atoms with E-state index in [0.29, 0.717) is 5.92 Å². The Balaban J connectivity index is 1.95. The normalized spacial score (nSPS) is 23.1. The van der Waals surface area contributed by atoms with E-state index < -0.39 is 0 Å². The molecule has 1 aliphatic carbocycles. The Morgan fingerprint density at radius 1 is 1.11 bits per heavy atom. The number of nitrogens with zero attached hydrogens (tertiary/aromatic N) is 1. The fourth-order valence-corrected chi connectivity index (χ4v) is 2.95. The van der Waals surface area contributed by atoms with Crippen LogP contribution in [0.3, 0.4) is 0 Å². The summed E-state index contributed by atoms with van der Waals surface area (Å²) in [6, 6.07) is 8.55. The highest BCUT2D eigenvalue weighted by Crippen LogP contribution is 2.27. The van der Waals surface area contributed by atoms with E-state index in [1.165, 1.54) is 11.1 Å². The quantitative estimate of drug-likeness (QED) is 0.864. The third-order valence-electron chi connectivity index (χ3n) is 4.28. The van der Waals surface area contributed by atoms with Gasteiger partial charge in [-0.1, -0.05) is 38.1 Å². The molecular formula is C16H25NO. The van der Waals surface area contributed by atoms with E-state index in [4.69, 9.17) is 0 Å². The predicted octanol–water partition coefficient (Wildman–Crippen LogP) is 2.49. The number of fused-ring (bicyclic) bond motifs is 1. The second kappa shape index (κ2) is 6.35. The lowest BCUT2D eigenvalue weighted by atomic mass is 9.80. The summed E-state index contributed by atoms with van der Waals surface area (Å²) in [7, 11) is 0. The van der Waals surface area contributed by atoms with Gasteiger partial charge in [-0.25, -0.2) is 0 Å². The number of hydrogen-bond donors (Lipinski definition) is 1. The van der Waals surface area contributed by atoms with Gasteiger partial charge >= 0.3 is 0 Å². The number of aliphatic hydroxyl groups excluding tert-OH is 1. The van der Waals surface area contributed by atoms with Gasteiger partial charge in [0.25, 0.3) is 0 Å². The van der Waals surface area contributed by atoms with Crippen molar-refractivity contribution in [2.45, 2.75) is 39.2 Å². The van der Waals surface area contributed by atoms with Crippen LogP contribution in [0.15, 0.2) is 24.3 Å². The van der Waals surface area contributed by atoms with E-state index >= 15 is 0 Å². The van der Waals surface area contributed by atoms with Gasteiger partial charge in [0.15, 0.2) is 0 Å². The van der Waals surface area contributed by atoms with Gasteiger partial charge in [0.05, 0.1) is 6.10 Å². The van der Waals surface area contributed by atoms with Crippen molar-refractivity contribution in [3.05, 3.63) is 35.4 Å². The number of rotatable bonds is 5. The minimum atomic E-state index is -0.157. The summed E-state index contributed by atoms with van der Waals surface area (Å²) in [5, 5.41) is 10.3. The van der Waals surface area contributed by atoms with Crippen LogP contribution in [-0.2, 0) is 12.8 Å². The zero-order chi connectivity index (χ0) is 13.0. The zero-order valence-corrected chi connectivity index (χ0v) is 11.6. The summed E-state index contributed by atoms with van der Waals surface area (Å²) in [6.45, 7) is 7.73. The number of benzene rings is 1. The molecule has 0 saturated heterocycles. The van der Waals surface area contributed by atoms with Crippen LogP contribution in [0.25, 0.3) is 0 Å². The average molecular weight is 247 g/mol. The Hall–Kier alpha value is -0.860. The molecule has 2 atom stereocenters. The third-order valence-corrected chi connectivity index (χ3v) is 4.28. The third kappa shape index (κ3) is 3.12. The molecule has 2 heteroatoms. The summed E-state index contributed by atoms with van der Waals surface area (Å²) >= 11 is 0. The van der Waals surface area contributed by atoms with E-state index in [1.54, 1.807) is 0 Å². The molecule has 2 unspecified atom stereocenters. The van der Waals surface area contributed by atoms with Crippen LogP contribution in [-0.4, -0.2) is 35.7 Å². The second-order valence-electron chi connectivity index (χ2n) is 5.32. The lowest BCUT2D eigenvalue weighted by Crippen LogP contribution is -2.34. The maximum atomic E-state index is 10.3. The first-order valence-electron chi connectivity index (χ1n) is 7.21. The van der Waals surface area contributed by atoms with Crippen LogP contribution < -0.4 is 0 Å². The van der Waals surface area contributed by atoms with E-state index in [1.807, 2.05) is 0 Å². The molecule has 1 aromatic rings. The van der Waals surface area contributed by atoms with Gasteiger partial charge in [-0.2, -0.15) is 0 Å². The van der Waals surface area contributed by atoms with Crippen molar-refractivity contribution < 1.29 is 5.11 Å². The molecule has 0 amide bonds. The molecule has 0 fully saturated rings. The summed E-state index contributed by atoms with van der Waals surface area (Å²) in [6.07, 6.45) is 2.82. The molecule has 0 spiro atoms. The lowest BCUT2D eigenvalue weighted by molar-refractivity contribution is 0.0871. The van der Waals surface area contributed by atoms with Crippen molar-refractivity contribution in [3.8, 4) is 0 Å². The molecule has 2 nitrogen and oxygen atoms in total. The van der Waals surface area contributed by atoms with Crippen molar-refractivity contribution >= 4 is 0 Å². The Labute approximate surface area is 111 Å². The summed E-state index contributed by atoms with van der Waals surface area (Å²) in [5.41, 5.74) is 2.77. The van der Waals surface area contributed by atoms with E-state index in [-0.39, 0.29) is 6.10 Å². The highest BCUT2D eigenvalue weighted by Gasteiger charge is 2.26. The van der Waals surface area contributed by atoms with Crippen LogP contribution >= 0.6 is 0 Å². The van der Waals surface area contributed by atoms with Crippen LogP contribution in [0.2, 0.25) is 0 Å². The molecule has 0 aromatic heterocycles. The van der Waals surface area contributed by atoms with Gasteiger partial charge in [-0.05, 0) is 55.9 Å². The summed E-state index contributed by atoms with van der Waals surface area (Å²) < 4.78 is 0. The minimum Gasteiger partial charge on any atom is -0.392 e. The zero-order valence-electron chi connectivity index (χ0n) is 11.6. The van der Waals surface area contributed by atoms with Gasteiger partial charge in [0, 0.05) is 0 Å². The monoisotopic (exact) mass is 247 g/mol. The molecule has 1 N–H and O–H groups in total. The second-order valence-corrected chi connectivity index (χ2v) is 5.32. The topological polar surface area (TPSA) is 23.5 Å². The maximum Gasteiger partial charge on any atom is 0.0612 e. The van der Waals surface area contributed by atoms with Gasteiger partial charge in [-0.15, -0.1) is 0 Å². The lowest BCUT2D eigenvalue weighted by Gasteiger charge is -2.31. The molecule has 2 rings (SSSR count). The summed E-state index contributed by atoms with van der Waals surface area (Å²) in [4.78, 5) is 2.44. The standard InChI is InChI=1S/C16H25NO/c1-3-17(4-2)10-9-15-11-13-7-5-6-8-14(13)12-16(15)18/h5-8,15-16,18H,3-4,9-12H2,1-2H3. The van der Waals surface area contributed by atoms with Crippen LogP contribution in [0, 0.1) is 5.92 Å². The van der Waals surface area contributed by atoms with E-state index in [0.717, 1.165) is 38.9 Å².